The second kappa shape index (κ2) is 16.1. The molecule has 0 unspecified atom stereocenters. The lowest BCUT2D eigenvalue weighted by molar-refractivity contribution is -0.123. The molecular formula is C35H39N3O6. The number of carbonyl (C=O) groups excluding carboxylic acids is 2. The molecule has 0 atom stereocenters. The van der Waals surface area contributed by atoms with Crippen LogP contribution in [0.15, 0.2) is 103 Å². The fourth-order valence-electron chi connectivity index (χ4n) is 4.24. The highest BCUT2D eigenvalue weighted by molar-refractivity contribution is 5.77. The van der Waals surface area contributed by atoms with Crippen LogP contribution in [-0.4, -0.2) is 55.5 Å². The van der Waals surface area contributed by atoms with E-state index >= 15 is 0 Å². The summed E-state index contributed by atoms with van der Waals surface area (Å²) >= 11 is 0. The number of rotatable bonds is 14. The Hall–Kier alpha value is -4.89. The number of hydrogen-bond acceptors (Lipinski definition) is 7. The van der Waals surface area contributed by atoms with Crippen LogP contribution in [0.4, 0.5) is 4.79 Å². The summed E-state index contributed by atoms with van der Waals surface area (Å²) in [4.78, 5) is 28.4. The van der Waals surface area contributed by atoms with Crippen LogP contribution in [0.5, 0.6) is 11.6 Å². The topological polar surface area (TPSA) is 108 Å². The Morgan fingerprint density at radius 2 is 1.39 bits per heavy atom. The quantitative estimate of drug-likeness (QED) is 0.173. The first-order valence-corrected chi connectivity index (χ1v) is 14.5. The van der Waals surface area contributed by atoms with Crippen molar-refractivity contribution in [1.29, 1.82) is 0 Å². The third-order valence-electron chi connectivity index (χ3n) is 6.22. The zero-order chi connectivity index (χ0) is 31.2. The zero-order valence-electron chi connectivity index (χ0n) is 25.3. The minimum atomic E-state index is -0.549. The van der Waals surface area contributed by atoms with Crippen molar-refractivity contribution in [3.05, 3.63) is 114 Å². The summed E-state index contributed by atoms with van der Waals surface area (Å²) in [5, 5.41) is 5.36. The highest BCUT2D eigenvalue weighted by Crippen LogP contribution is 2.34. The summed E-state index contributed by atoms with van der Waals surface area (Å²) in [6.45, 7) is 6.52. The molecule has 230 valence electrons. The van der Waals surface area contributed by atoms with E-state index in [1.54, 1.807) is 27.0 Å². The molecule has 2 amide bonds. The molecule has 3 aromatic carbocycles. The number of nitrogens with one attached hydrogen (secondary N) is 2. The van der Waals surface area contributed by atoms with Crippen molar-refractivity contribution in [1.82, 2.24) is 15.6 Å². The Morgan fingerprint density at radius 3 is 2.00 bits per heavy atom. The number of ether oxygens (including phenoxy) is 4. The van der Waals surface area contributed by atoms with Crippen molar-refractivity contribution in [2.45, 2.75) is 32.5 Å². The molecule has 0 saturated carbocycles. The number of carbonyl (C=O) groups is 2. The van der Waals surface area contributed by atoms with Gasteiger partial charge in [0.15, 0.2) is 12.7 Å². The number of aromatic nitrogens is 1. The minimum absolute atomic E-state index is 0.128. The number of alkyl carbamates (subject to hydrolysis) is 1. The Kier molecular flexibility index (Phi) is 11.7. The minimum Gasteiger partial charge on any atom is -0.484 e. The van der Waals surface area contributed by atoms with Gasteiger partial charge >= 0.3 is 6.09 Å². The maximum atomic E-state index is 12.2. The van der Waals surface area contributed by atoms with Crippen molar-refractivity contribution in [2.24, 2.45) is 0 Å². The standard InChI is InChI=1S/C35H39N3O6/c1-35(2,3)44-34(40)38-22-24-41-23-21-36-31(39)25-42-29-18-16-26(17-19-29)30-15-10-20-37-33(30)43-32(27-11-6-4-7-12-27)28-13-8-5-9-14-28/h4-20,32H,21-25H2,1-3H3,(H,36,39)(H,38,40). The fraction of sp³-hybridized carbons (Fsp3) is 0.286. The Balaban J connectivity index is 1.25. The second-order valence-corrected chi connectivity index (χ2v) is 10.9. The molecule has 0 aliphatic heterocycles. The van der Waals surface area contributed by atoms with Gasteiger partial charge in [0, 0.05) is 24.8 Å². The zero-order valence-corrected chi connectivity index (χ0v) is 25.3. The van der Waals surface area contributed by atoms with Crippen LogP contribution in [-0.2, 0) is 14.3 Å². The number of hydrogen-bond donors (Lipinski definition) is 2. The van der Waals surface area contributed by atoms with E-state index in [0.717, 1.165) is 22.3 Å². The van der Waals surface area contributed by atoms with Crippen molar-refractivity contribution < 1.29 is 28.5 Å². The van der Waals surface area contributed by atoms with Gasteiger partial charge in [0.05, 0.1) is 13.2 Å². The van der Waals surface area contributed by atoms with Gasteiger partial charge in [0.25, 0.3) is 5.91 Å². The van der Waals surface area contributed by atoms with Gasteiger partial charge in [-0.1, -0.05) is 72.8 Å². The first kappa shape index (κ1) is 32.0. The predicted molar refractivity (Wildman–Crippen MR) is 169 cm³/mol. The molecular weight excluding hydrogens is 558 g/mol. The van der Waals surface area contributed by atoms with Gasteiger partial charge in [-0.15, -0.1) is 0 Å². The second-order valence-electron chi connectivity index (χ2n) is 10.9. The van der Waals surface area contributed by atoms with Crippen LogP contribution < -0.4 is 20.1 Å². The number of pyridine rings is 1. The summed E-state index contributed by atoms with van der Waals surface area (Å²) in [5.41, 5.74) is 3.25. The molecule has 0 fully saturated rings. The van der Waals surface area contributed by atoms with Gasteiger partial charge in [-0.3, -0.25) is 4.79 Å². The van der Waals surface area contributed by atoms with Gasteiger partial charge in [-0.2, -0.15) is 0 Å². The maximum Gasteiger partial charge on any atom is 0.407 e. The molecule has 0 bridgehead atoms. The predicted octanol–water partition coefficient (Wildman–Crippen LogP) is 5.95. The average Bonchev–Trinajstić information content (AvgIpc) is 3.02. The number of nitrogens with zero attached hydrogens (tertiary/aromatic N) is 1. The van der Waals surface area contributed by atoms with E-state index < -0.39 is 11.7 Å². The molecule has 9 nitrogen and oxygen atoms in total. The molecule has 0 aliphatic carbocycles. The van der Waals surface area contributed by atoms with E-state index in [0.29, 0.717) is 37.9 Å². The summed E-state index contributed by atoms with van der Waals surface area (Å²) in [6, 6.07) is 31.4. The smallest absolute Gasteiger partial charge is 0.407 e. The Morgan fingerprint density at radius 1 is 0.773 bits per heavy atom. The van der Waals surface area contributed by atoms with E-state index in [1.807, 2.05) is 97.1 Å². The molecule has 4 rings (SSSR count). The molecule has 0 radical (unpaired) electrons. The SMILES string of the molecule is CC(C)(C)OC(=O)NCCOCCNC(=O)COc1ccc(-c2cccnc2OC(c2ccccc2)c2ccccc2)cc1. The molecule has 0 aliphatic rings. The van der Waals surface area contributed by atoms with Gasteiger partial charge in [-0.05, 0) is 61.7 Å². The first-order valence-electron chi connectivity index (χ1n) is 14.5. The third kappa shape index (κ3) is 10.4. The van der Waals surface area contributed by atoms with E-state index in [1.165, 1.54) is 0 Å². The summed E-state index contributed by atoms with van der Waals surface area (Å²) in [6.07, 6.45) is 0.897. The third-order valence-corrected chi connectivity index (χ3v) is 6.22. The lowest BCUT2D eigenvalue weighted by atomic mass is 10.0. The number of amides is 2. The molecule has 44 heavy (non-hydrogen) atoms. The van der Waals surface area contributed by atoms with Gasteiger partial charge in [-0.25, -0.2) is 9.78 Å². The molecule has 4 aromatic rings. The van der Waals surface area contributed by atoms with Gasteiger partial charge in [0.2, 0.25) is 5.88 Å². The van der Waals surface area contributed by atoms with E-state index in [2.05, 4.69) is 15.6 Å². The van der Waals surface area contributed by atoms with Crippen LogP contribution in [0.25, 0.3) is 11.1 Å². The van der Waals surface area contributed by atoms with E-state index in [-0.39, 0.29) is 18.6 Å². The van der Waals surface area contributed by atoms with Gasteiger partial charge < -0.3 is 29.6 Å². The summed E-state index contributed by atoms with van der Waals surface area (Å²) < 4.78 is 22.8. The van der Waals surface area contributed by atoms with Crippen LogP contribution >= 0.6 is 0 Å². The highest BCUT2D eigenvalue weighted by Gasteiger charge is 2.19. The van der Waals surface area contributed by atoms with Gasteiger partial charge in [0.1, 0.15) is 11.4 Å². The van der Waals surface area contributed by atoms with Crippen molar-refractivity contribution >= 4 is 12.0 Å². The Labute approximate surface area is 258 Å². The molecule has 1 heterocycles. The highest BCUT2D eigenvalue weighted by atomic mass is 16.6. The van der Waals surface area contributed by atoms with E-state index in [9.17, 15) is 9.59 Å². The number of benzene rings is 3. The first-order chi connectivity index (χ1) is 21.3. The Bertz CT molecular complexity index is 1420. The summed E-state index contributed by atoms with van der Waals surface area (Å²) in [7, 11) is 0. The van der Waals surface area contributed by atoms with Crippen molar-refractivity contribution in [2.75, 3.05) is 32.9 Å². The molecule has 9 heteroatoms. The monoisotopic (exact) mass is 597 g/mol. The molecule has 2 N–H and O–H groups in total. The van der Waals surface area contributed by atoms with E-state index in [4.69, 9.17) is 18.9 Å². The normalized spacial score (nSPS) is 11.1. The molecule has 0 saturated heterocycles. The largest absolute Gasteiger partial charge is 0.484 e. The molecule has 1 aromatic heterocycles. The lowest BCUT2D eigenvalue weighted by Gasteiger charge is -2.21. The van der Waals surface area contributed by atoms with Crippen LogP contribution in [0, 0.1) is 0 Å². The van der Waals surface area contributed by atoms with Crippen LogP contribution in [0.3, 0.4) is 0 Å². The lowest BCUT2D eigenvalue weighted by Crippen LogP contribution is -2.35. The van der Waals surface area contributed by atoms with Crippen molar-refractivity contribution in [3.63, 3.8) is 0 Å². The van der Waals surface area contributed by atoms with Crippen LogP contribution in [0.2, 0.25) is 0 Å². The van der Waals surface area contributed by atoms with Crippen molar-refractivity contribution in [3.8, 4) is 22.8 Å². The van der Waals surface area contributed by atoms with Crippen LogP contribution in [0.1, 0.15) is 38.0 Å². The fourth-order valence-corrected chi connectivity index (χ4v) is 4.24. The summed E-state index contributed by atoms with van der Waals surface area (Å²) in [5.74, 6) is 0.813. The maximum absolute atomic E-state index is 12.2. The average molecular weight is 598 g/mol. The molecule has 0 spiro atoms.